The smallest absolute Gasteiger partial charge is 0.387 e. The second kappa shape index (κ2) is 6.63. The summed E-state index contributed by atoms with van der Waals surface area (Å²) >= 11 is 3.27. The minimum atomic E-state index is -3.02. The van der Waals surface area contributed by atoms with E-state index < -0.39 is 12.6 Å². The number of hydrogen-bond acceptors (Lipinski definition) is 6. The fourth-order valence-electron chi connectivity index (χ4n) is 2.31. The van der Waals surface area contributed by atoms with E-state index in [4.69, 9.17) is 10.5 Å². The Bertz CT molecular complexity index is 961. The molecule has 0 bridgehead atoms. The summed E-state index contributed by atoms with van der Waals surface area (Å²) in [5.74, 6) is -0.632. The molecule has 130 valence electrons. The predicted octanol–water partition coefficient (Wildman–Crippen LogP) is 3.15. The first kappa shape index (κ1) is 17.1. The lowest BCUT2D eigenvalue weighted by Gasteiger charge is -2.12. The average molecular weight is 413 g/mol. The number of ether oxygens (including phenoxy) is 2. The SMILES string of the molecule is COC(=O)c1nn(-c2cc(Br)ccc2OC(F)F)c2cc(N)ncc12. The van der Waals surface area contributed by atoms with Gasteiger partial charge in [0.1, 0.15) is 11.5 Å². The van der Waals surface area contributed by atoms with E-state index in [0.29, 0.717) is 15.4 Å². The molecule has 0 aliphatic carbocycles. The standard InChI is InChI=1S/C15H11BrF2N4O3/c1-24-14(23)13-8-6-20-12(19)5-9(8)22(21-13)10-4-7(16)2-3-11(10)25-15(17)18/h2-6,15H,1H3,(H2,19,20). The summed E-state index contributed by atoms with van der Waals surface area (Å²) in [6.07, 6.45) is 1.37. The molecule has 2 N–H and O–H groups in total. The molecular formula is C15H11BrF2N4O3. The number of benzene rings is 1. The summed E-state index contributed by atoms with van der Waals surface area (Å²) in [6, 6.07) is 5.91. The number of nitrogen functional groups attached to an aromatic ring is 1. The third-order valence-corrected chi connectivity index (χ3v) is 3.82. The van der Waals surface area contributed by atoms with Gasteiger partial charge in [0.05, 0.1) is 18.0 Å². The zero-order valence-electron chi connectivity index (χ0n) is 12.7. The van der Waals surface area contributed by atoms with Crippen LogP contribution in [0.15, 0.2) is 34.9 Å². The number of hydrogen-bond donors (Lipinski definition) is 1. The van der Waals surface area contributed by atoms with Crippen LogP contribution in [0.1, 0.15) is 10.5 Å². The molecule has 10 heteroatoms. The molecule has 0 radical (unpaired) electrons. The maximum Gasteiger partial charge on any atom is 0.387 e. The molecule has 25 heavy (non-hydrogen) atoms. The van der Waals surface area contributed by atoms with Gasteiger partial charge in [-0.15, -0.1) is 0 Å². The molecule has 0 aliphatic heterocycles. The van der Waals surface area contributed by atoms with Crippen LogP contribution in [0.4, 0.5) is 14.6 Å². The molecular weight excluding hydrogens is 402 g/mol. The van der Waals surface area contributed by atoms with E-state index in [9.17, 15) is 13.6 Å². The average Bonchev–Trinajstić information content (AvgIpc) is 2.94. The van der Waals surface area contributed by atoms with Gasteiger partial charge in [-0.05, 0) is 18.2 Å². The molecule has 0 spiro atoms. The second-order valence-electron chi connectivity index (χ2n) is 4.87. The number of anilines is 1. The van der Waals surface area contributed by atoms with Gasteiger partial charge < -0.3 is 15.2 Å². The highest BCUT2D eigenvalue weighted by atomic mass is 79.9. The molecule has 0 saturated carbocycles. The Morgan fingerprint density at radius 3 is 2.80 bits per heavy atom. The van der Waals surface area contributed by atoms with Gasteiger partial charge in [-0.1, -0.05) is 15.9 Å². The van der Waals surface area contributed by atoms with Crippen LogP contribution < -0.4 is 10.5 Å². The van der Waals surface area contributed by atoms with Crippen molar-refractivity contribution in [3.63, 3.8) is 0 Å². The molecule has 2 aromatic heterocycles. The van der Waals surface area contributed by atoms with Crippen molar-refractivity contribution in [2.24, 2.45) is 0 Å². The van der Waals surface area contributed by atoms with Gasteiger partial charge in [0.15, 0.2) is 11.4 Å². The van der Waals surface area contributed by atoms with E-state index in [1.165, 1.54) is 36.2 Å². The third kappa shape index (κ3) is 3.25. The molecule has 0 saturated heterocycles. The quantitative estimate of drug-likeness (QED) is 0.661. The van der Waals surface area contributed by atoms with Gasteiger partial charge >= 0.3 is 12.6 Å². The number of methoxy groups -OCH3 is 1. The van der Waals surface area contributed by atoms with Crippen LogP contribution in [-0.2, 0) is 4.74 Å². The summed E-state index contributed by atoms with van der Waals surface area (Å²) < 4.78 is 36.6. The number of rotatable bonds is 4. The molecule has 7 nitrogen and oxygen atoms in total. The lowest BCUT2D eigenvalue weighted by Crippen LogP contribution is -2.08. The van der Waals surface area contributed by atoms with Crippen LogP contribution >= 0.6 is 15.9 Å². The lowest BCUT2D eigenvalue weighted by atomic mass is 10.2. The first-order valence-electron chi connectivity index (χ1n) is 6.88. The van der Waals surface area contributed by atoms with Crippen LogP contribution in [0, 0.1) is 0 Å². The van der Waals surface area contributed by atoms with Gasteiger partial charge in [0.2, 0.25) is 0 Å². The monoisotopic (exact) mass is 412 g/mol. The molecule has 0 unspecified atom stereocenters. The van der Waals surface area contributed by atoms with Crippen LogP contribution in [0.2, 0.25) is 0 Å². The molecule has 2 heterocycles. The minimum absolute atomic E-state index is 0.0204. The highest BCUT2D eigenvalue weighted by molar-refractivity contribution is 9.10. The Morgan fingerprint density at radius 2 is 2.12 bits per heavy atom. The zero-order valence-corrected chi connectivity index (χ0v) is 14.3. The number of pyridine rings is 1. The Labute approximate surface area is 148 Å². The van der Waals surface area contributed by atoms with Crippen molar-refractivity contribution in [1.82, 2.24) is 14.8 Å². The topological polar surface area (TPSA) is 92.3 Å². The summed E-state index contributed by atoms with van der Waals surface area (Å²) in [5, 5.41) is 4.55. The largest absolute Gasteiger partial charge is 0.464 e. The summed E-state index contributed by atoms with van der Waals surface area (Å²) in [6.45, 7) is -3.02. The fourth-order valence-corrected chi connectivity index (χ4v) is 2.66. The number of esters is 1. The first-order valence-corrected chi connectivity index (χ1v) is 7.67. The van der Waals surface area contributed by atoms with Gasteiger partial charge in [-0.2, -0.15) is 13.9 Å². The normalized spacial score (nSPS) is 11.1. The Morgan fingerprint density at radius 1 is 1.36 bits per heavy atom. The second-order valence-corrected chi connectivity index (χ2v) is 5.78. The number of carbonyl (C=O) groups excluding carboxylic acids is 1. The number of fused-ring (bicyclic) bond motifs is 1. The number of alkyl halides is 2. The molecule has 3 rings (SSSR count). The predicted molar refractivity (Wildman–Crippen MR) is 88.9 cm³/mol. The number of halogens is 3. The van der Waals surface area contributed by atoms with E-state index >= 15 is 0 Å². The van der Waals surface area contributed by atoms with Gasteiger partial charge in [0, 0.05) is 16.7 Å². The van der Waals surface area contributed by atoms with Crippen molar-refractivity contribution < 1.29 is 23.0 Å². The minimum Gasteiger partial charge on any atom is -0.464 e. The Kier molecular flexibility index (Phi) is 4.53. The van der Waals surface area contributed by atoms with Crippen LogP contribution in [0.25, 0.3) is 16.6 Å². The Balaban J connectivity index is 2.31. The van der Waals surface area contributed by atoms with E-state index in [0.717, 1.165) is 0 Å². The fraction of sp³-hybridized carbons (Fsp3) is 0.133. The van der Waals surface area contributed by atoms with Crippen molar-refractivity contribution in [2.75, 3.05) is 12.8 Å². The van der Waals surface area contributed by atoms with Gasteiger partial charge in [0.25, 0.3) is 0 Å². The summed E-state index contributed by atoms with van der Waals surface area (Å²) in [4.78, 5) is 15.9. The van der Waals surface area contributed by atoms with E-state index in [1.54, 1.807) is 6.07 Å². The molecule has 0 aliphatic rings. The number of nitrogens with two attached hydrogens (primary N) is 1. The maximum atomic E-state index is 12.7. The van der Waals surface area contributed by atoms with Crippen molar-refractivity contribution in [3.8, 4) is 11.4 Å². The highest BCUT2D eigenvalue weighted by Gasteiger charge is 2.22. The third-order valence-electron chi connectivity index (χ3n) is 3.33. The van der Waals surface area contributed by atoms with Crippen LogP contribution in [0.3, 0.4) is 0 Å². The zero-order chi connectivity index (χ0) is 18.1. The van der Waals surface area contributed by atoms with E-state index in [2.05, 4.69) is 30.7 Å². The van der Waals surface area contributed by atoms with Crippen molar-refractivity contribution >= 4 is 38.6 Å². The number of aromatic nitrogens is 3. The van der Waals surface area contributed by atoms with E-state index in [-0.39, 0.29) is 22.9 Å². The molecule has 0 amide bonds. The van der Waals surface area contributed by atoms with E-state index in [1.807, 2.05) is 0 Å². The number of carbonyl (C=O) groups is 1. The summed E-state index contributed by atoms with van der Waals surface area (Å²) in [7, 11) is 1.21. The van der Waals surface area contributed by atoms with Gasteiger partial charge in [-0.3, -0.25) is 0 Å². The van der Waals surface area contributed by atoms with Crippen molar-refractivity contribution in [3.05, 3.63) is 40.6 Å². The van der Waals surface area contributed by atoms with Crippen LogP contribution in [0.5, 0.6) is 5.75 Å². The van der Waals surface area contributed by atoms with Crippen LogP contribution in [-0.4, -0.2) is 34.5 Å². The van der Waals surface area contributed by atoms with Crippen molar-refractivity contribution in [1.29, 1.82) is 0 Å². The maximum absolute atomic E-state index is 12.7. The highest BCUT2D eigenvalue weighted by Crippen LogP contribution is 2.32. The molecule has 0 atom stereocenters. The van der Waals surface area contributed by atoms with Gasteiger partial charge in [-0.25, -0.2) is 14.5 Å². The molecule has 0 fully saturated rings. The molecule has 3 aromatic rings. The first-order chi connectivity index (χ1) is 11.9. The Hall–Kier alpha value is -2.75. The summed E-state index contributed by atoms with van der Waals surface area (Å²) in [5.41, 5.74) is 6.28. The van der Waals surface area contributed by atoms with Crippen molar-refractivity contribution in [2.45, 2.75) is 6.61 Å². The lowest BCUT2D eigenvalue weighted by molar-refractivity contribution is -0.0499. The molecule has 1 aromatic carbocycles. The number of nitrogens with zero attached hydrogens (tertiary/aromatic N) is 3.